The van der Waals surface area contributed by atoms with Gasteiger partial charge >= 0.3 is 6.08 Å². The molecule has 0 aliphatic rings. The predicted molar refractivity (Wildman–Crippen MR) is 38.9 cm³/mol. The summed E-state index contributed by atoms with van der Waals surface area (Å²) in [6.45, 7) is 0. The smallest absolute Gasteiger partial charge is 0.222 e. The monoisotopic (exact) mass is 209 g/mol. The lowest BCUT2D eigenvalue weighted by Gasteiger charge is -1.97. The molecular weight excluding hydrogens is 207 g/mol. The second-order valence-electron chi connectivity index (χ2n) is 2.00. The van der Waals surface area contributed by atoms with Gasteiger partial charge in [0, 0.05) is 6.26 Å². The molecule has 65 valence electrons. The van der Waals surface area contributed by atoms with Gasteiger partial charge in [0.05, 0.1) is 0 Å². The van der Waals surface area contributed by atoms with Gasteiger partial charge in [-0.15, -0.1) is 0 Å². The van der Waals surface area contributed by atoms with E-state index in [0.29, 0.717) is 0 Å². The van der Waals surface area contributed by atoms with Gasteiger partial charge < -0.3 is 0 Å². The molecule has 1 radical (unpaired) electrons. The molecule has 0 aliphatic heterocycles. The summed E-state index contributed by atoms with van der Waals surface area (Å²) in [5.74, 6) is 0. The van der Waals surface area contributed by atoms with E-state index in [1.165, 1.54) is 0 Å². The number of hydrogen-bond donors (Lipinski definition) is 0. The molecule has 1 rings (SSSR count). The quantitative estimate of drug-likeness (QED) is 0.499. The highest BCUT2D eigenvalue weighted by Crippen LogP contribution is 2.16. The molecule has 1 heterocycles. The van der Waals surface area contributed by atoms with E-state index in [4.69, 9.17) is 11.6 Å². The van der Waals surface area contributed by atoms with Crippen molar-refractivity contribution in [3.05, 3.63) is 17.3 Å². The standard InChI is InChI=1S/C5H3ClFN2O2S/c1-12(10,11)4-3(6)2-8-5(7)9-4/h1H3. The molecule has 1 aromatic heterocycles. The molecule has 7 heteroatoms. The van der Waals surface area contributed by atoms with E-state index in [-0.39, 0.29) is 5.02 Å². The van der Waals surface area contributed by atoms with E-state index >= 15 is 0 Å². The number of rotatable bonds is 1. The first-order chi connectivity index (χ1) is 5.41. The van der Waals surface area contributed by atoms with Crippen LogP contribution in [0.2, 0.25) is 5.02 Å². The molecule has 0 saturated heterocycles. The number of hydrogen-bond acceptors (Lipinski definition) is 4. The summed E-state index contributed by atoms with van der Waals surface area (Å²) >= 11 is 5.35. The van der Waals surface area contributed by atoms with Gasteiger partial charge in [-0.2, -0.15) is 14.4 Å². The van der Waals surface area contributed by atoms with E-state index in [9.17, 15) is 12.8 Å². The van der Waals surface area contributed by atoms with Gasteiger partial charge in [-0.3, -0.25) is 0 Å². The summed E-state index contributed by atoms with van der Waals surface area (Å²) in [5.41, 5.74) is 0. The lowest BCUT2D eigenvalue weighted by atomic mass is 10.7. The molecule has 0 spiro atoms. The van der Waals surface area contributed by atoms with Crippen LogP contribution in [-0.2, 0) is 9.84 Å². The van der Waals surface area contributed by atoms with Gasteiger partial charge in [0.15, 0.2) is 14.9 Å². The Morgan fingerprint density at radius 3 is 2.58 bits per heavy atom. The first kappa shape index (κ1) is 9.34. The van der Waals surface area contributed by atoms with Crippen LogP contribution in [0.15, 0.2) is 5.03 Å². The van der Waals surface area contributed by atoms with Gasteiger partial charge in [0.1, 0.15) is 11.2 Å². The van der Waals surface area contributed by atoms with Crippen molar-refractivity contribution in [3.8, 4) is 0 Å². The maximum atomic E-state index is 12.3. The number of nitrogens with zero attached hydrogens (tertiary/aromatic N) is 2. The summed E-state index contributed by atoms with van der Waals surface area (Å²) < 4.78 is 34.0. The molecule has 0 aliphatic carbocycles. The Hall–Kier alpha value is -0.750. The fraction of sp³-hybridized carbons (Fsp3) is 0.200. The van der Waals surface area contributed by atoms with Gasteiger partial charge in [-0.25, -0.2) is 8.42 Å². The second-order valence-corrected chi connectivity index (χ2v) is 4.30. The lowest BCUT2D eigenvalue weighted by molar-refractivity contribution is 0.519. The molecule has 4 nitrogen and oxygen atoms in total. The third-order valence-electron chi connectivity index (χ3n) is 0.979. The normalized spacial score (nSPS) is 11.6. The fourth-order valence-corrected chi connectivity index (χ4v) is 1.66. The van der Waals surface area contributed by atoms with Crippen LogP contribution in [0, 0.1) is 12.3 Å². The topological polar surface area (TPSA) is 59.9 Å². The first-order valence-corrected chi connectivity index (χ1v) is 4.99. The molecule has 0 fully saturated rings. The summed E-state index contributed by atoms with van der Waals surface area (Å²) in [5, 5.41) is -0.851. The molecule has 0 atom stereocenters. The van der Waals surface area contributed by atoms with Crippen molar-refractivity contribution in [1.82, 2.24) is 9.97 Å². The summed E-state index contributed by atoms with van der Waals surface area (Å²) in [4.78, 5) is 5.97. The first-order valence-electron chi connectivity index (χ1n) is 2.72. The summed E-state index contributed by atoms with van der Waals surface area (Å²) in [6.07, 6.45) is 1.68. The van der Waals surface area contributed by atoms with Crippen LogP contribution < -0.4 is 0 Å². The molecule has 0 N–H and O–H groups in total. The maximum absolute atomic E-state index is 12.3. The molecule has 1 aromatic rings. The van der Waals surface area contributed by atoms with Crippen LogP contribution in [0.4, 0.5) is 4.39 Å². The Labute approximate surface area is 73.3 Å². The summed E-state index contributed by atoms with van der Waals surface area (Å²) in [6, 6.07) is 0. The Kier molecular flexibility index (Phi) is 2.29. The third kappa shape index (κ3) is 1.89. The minimum atomic E-state index is -3.61. The SMILES string of the molecule is CS(=O)(=O)c1nc(F)n[c]c1Cl. The molecular formula is C5H3ClFN2O2S. The van der Waals surface area contributed by atoms with Crippen LogP contribution in [0.5, 0.6) is 0 Å². The Morgan fingerprint density at radius 1 is 1.58 bits per heavy atom. The molecule has 0 amide bonds. The average Bonchev–Trinajstić information content (AvgIpc) is 1.92. The zero-order valence-corrected chi connectivity index (χ0v) is 7.45. The zero-order chi connectivity index (χ0) is 9.35. The highest BCUT2D eigenvalue weighted by molar-refractivity contribution is 7.90. The van der Waals surface area contributed by atoms with Gasteiger partial charge in [0.25, 0.3) is 0 Å². The molecule has 12 heavy (non-hydrogen) atoms. The number of aromatic nitrogens is 2. The number of halogens is 2. The molecule has 0 saturated carbocycles. The highest BCUT2D eigenvalue weighted by Gasteiger charge is 2.15. The van der Waals surface area contributed by atoms with Crippen LogP contribution in [0.25, 0.3) is 0 Å². The minimum absolute atomic E-state index is 0.307. The van der Waals surface area contributed by atoms with Crippen LogP contribution >= 0.6 is 11.6 Å². The number of sulfone groups is 1. The maximum Gasteiger partial charge on any atom is 0.310 e. The molecule has 0 bridgehead atoms. The Balaban J connectivity index is 3.43. The van der Waals surface area contributed by atoms with E-state index in [1.54, 1.807) is 0 Å². The van der Waals surface area contributed by atoms with Crippen LogP contribution in [0.1, 0.15) is 0 Å². The van der Waals surface area contributed by atoms with Crippen LogP contribution in [0.3, 0.4) is 0 Å². The Bertz CT molecular complexity index is 406. The lowest BCUT2D eigenvalue weighted by Crippen LogP contribution is -2.04. The average molecular weight is 210 g/mol. The fourth-order valence-electron chi connectivity index (χ4n) is 0.547. The van der Waals surface area contributed by atoms with Crippen molar-refractivity contribution >= 4 is 21.4 Å². The van der Waals surface area contributed by atoms with E-state index < -0.39 is 20.9 Å². The van der Waals surface area contributed by atoms with E-state index in [2.05, 4.69) is 9.97 Å². The van der Waals surface area contributed by atoms with Crippen molar-refractivity contribution in [3.63, 3.8) is 0 Å². The van der Waals surface area contributed by atoms with Gasteiger partial charge in [0.2, 0.25) is 0 Å². The van der Waals surface area contributed by atoms with Crippen molar-refractivity contribution < 1.29 is 12.8 Å². The largest absolute Gasteiger partial charge is 0.310 e. The highest BCUT2D eigenvalue weighted by atomic mass is 35.5. The van der Waals surface area contributed by atoms with Crippen molar-refractivity contribution in [2.24, 2.45) is 0 Å². The van der Waals surface area contributed by atoms with Crippen molar-refractivity contribution in [1.29, 1.82) is 0 Å². The van der Waals surface area contributed by atoms with E-state index in [1.807, 2.05) is 6.20 Å². The molecule has 0 aromatic carbocycles. The van der Waals surface area contributed by atoms with Gasteiger partial charge in [-0.1, -0.05) is 11.6 Å². The van der Waals surface area contributed by atoms with E-state index in [0.717, 1.165) is 6.26 Å². The third-order valence-corrected chi connectivity index (χ3v) is 2.35. The van der Waals surface area contributed by atoms with Crippen molar-refractivity contribution in [2.75, 3.05) is 6.26 Å². The van der Waals surface area contributed by atoms with Gasteiger partial charge in [-0.05, 0) is 0 Å². The zero-order valence-electron chi connectivity index (χ0n) is 5.88. The second kappa shape index (κ2) is 2.95. The predicted octanol–water partition coefficient (Wildman–Crippen LogP) is 0.473. The van der Waals surface area contributed by atoms with Crippen LogP contribution in [-0.4, -0.2) is 24.6 Å². The summed E-state index contributed by atoms with van der Waals surface area (Å²) in [7, 11) is -3.61. The minimum Gasteiger partial charge on any atom is -0.222 e. The Morgan fingerprint density at radius 2 is 2.17 bits per heavy atom. The van der Waals surface area contributed by atoms with Crippen molar-refractivity contribution in [2.45, 2.75) is 5.03 Å². The molecule has 0 unspecified atom stereocenters.